The van der Waals surface area contributed by atoms with Gasteiger partial charge in [-0.3, -0.25) is 0 Å². The molecule has 1 atom stereocenters. The summed E-state index contributed by atoms with van der Waals surface area (Å²) in [6.45, 7) is 3.69. The van der Waals surface area contributed by atoms with Crippen molar-refractivity contribution in [2.75, 3.05) is 0 Å². The van der Waals surface area contributed by atoms with Crippen molar-refractivity contribution in [2.24, 2.45) is 0 Å². The molecule has 0 aliphatic carbocycles. The molecule has 1 N–H and O–H groups in total. The monoisotopic (exact) mass is 203 g/mol. The smallest absolute Gasteiger partial charge is 0.165 e. The first-order chi connectivity index (χ1) is 7.16. The normalized spacial score (nSPS) is 12.7. The second-order valence-electron chi connectivity index (χ2n) is 3.66. The molecule has 3 heteroatoms. The molecule has 0 saturated heterocycles. The van der Waals surface area contributed by atoms with Crippen LogP contribution in [0.25, 0.3) is 11.3 Å². The van der Waals surface area contributed by atoms with Crippen molar-refractivity contribution < 1.29 is 9.63 Å². The fourth-order valence-corrected chi connectivity index (χ4v) is 1.35. The molecule has 3 nitrogen and oxygen atoms in total. The van der Waals surface area contributed by atoms with Crippen LogP contribution in [0, 0.1) is 6.92 Å². The third-order valence-electron chi connectivity index (χ3n) is 2.29. The lowest BCUT2D eigenvalue weighted by molar-refractivity contribution is 0.158. The molecule has 2 aromatic rings. The topological polar surface area (TPSA) is 46.3 Å². The van der Waals surface area contributed by atoms with Crippen LogP contribution in [0.3, 0.4) is 0 Å². The molecule has 0 fully saturated rings. The summed E-state index contributed by atoms with van der Waals surface area (Å²) in [7, 11) is 0. The highest BCUT2D eigenvalue weighted by Gasteiger charge is 2.09. The standard InChI is InChI=1S/C12H13NO2/c1-8-3-5-10(6-4-8)11-7-12(9(2)14)15-13-11/h3-7,9,14H,1-2H3. The van der Waals surface area contributed by atoms with Gasteiger partial charge in [-0.2, -0.15) is 0 Å². The van der Waals surface area contributed by atoms with Crippen LogP contribution in [0.4, 0.5) is 0 Å². The van der Waals surface area contributed by atoms with Gasteiger partial charge in [-0.15, -0.1) is 0 Å². The minimum atomic E-state index is -0.614. The molecule has 0 amide bonds. The zero-order valence-electron chi connectivity index (χ0n) is 8.77. The van der Waals surface area contributed by atoms with E-state index in [4.69, 9.17) is 4.52 Å². The van der Waals surface area contributed by atoms with Crippen molar-refractivity contribution in [3.05, 3.63) is 41.7 Å². The van der Waals surface area contributed by atoms with Crippen LogP contribution in [0.1, 0.15) is 24.4 Å². The first-order valence-electron chi connectivity index (χ1n) is 4.88. The molecule has 0 saturated carbocycles. The van der Waals surface area contributed by atoms with Gasteiger partial charge in [0.05, 0.1) is 0 Å². The molecule has 78 valence electrons. The molecule has 1 aromatic carbocycles. The minimum absolute atomic E-state index is 0.491. The van der Waals surface area contributed by atoms with Crippen LogP contribution < -0.4 is 0 Å². The number of aliphatic hydroxyl groups excluding tert-OH is 1. The summed E-state index contributed by atoms with van der Waals surface area (Å²) in [5, 5.41) is 13.2. The second-order valence-corrected chi connectivity index (χ2v) is 3.66. The summed E-state index contributed by atoms with van der Waals surface area (Å²) in [6, 6.07) is 9.77. The van der Waals surface area contributed by atoms with Gasteiger partial charge in [-0.25, -0.2) is 0 Å². The average Bonchev–Trinajstić information content (AvgIpc) is 2.68. The molecule has 0 spiro atoms. The molecule has 0 radical (unpaired) electrons. The third-order valence-corrected chi connectivity index (χ3v) is 2.29. The fourth-order valence-electron chi connectivity index (χ4n) is 1.35. The molecule has 0 bridgehead atoms. The molecule has 0 aliphatic rings. The lowest BCUT2D eigenvalue weighted by Gasteiger charge is -1.95. The van der Waals surface area contributed by atoms with Crippen molar-refractivity contribution in [2.45, 2.75) is 20.0 Å². The first kappa shape index (κ1) is 9.93. The van der Waals surface area contributed by atoms with E-state index in [2.05, 4.69) is 5.16 Å². The maximum atomic E-state index is 9.29. The van der Waals surface area contributed by atoms with Gasteiger partial charge in [0.25, 0.3) is 0 Å². The van der Waals surface area contributed by atoms with Crippen LogP contribution in [-0.4, -0.2) is 10.3 Å². The van der Waals surface area contributed by atoms with Crippen molar-refractivity contribution in [3.8, 4) is 11.3 Å². The van der Waals surface area contributed by atoms with Crippen molar-refractivity contribution in [1.82, 2.24) is 5.16 Å². The molecule has 0 aliphatic heterocycles. The Morgan fingerprint density at radius 1 is 1.27 bits per heavy atom. The molecule has 2 rings (SSSR count). The van der Waals surface area contributed by atoms with E-state index in [-0.39, 0.29) is 0 Å². The quantitative estimate of drug-likeness (QED) is 0.816. The molecular formula is C12H13NO2. The highest BCUT2D eigenvalue weighted by Crippen LogP contribution is 2.22. The minimum Gasteiger partial charge on any atom is -0.385 e. The zero-order chi connectivity index (χ0) is 10.8. The average molecular weight is 203 g/mol. The number of aryl methyl sites for hydroxylation is 1. The van der Waals surface area contributed by atoms with E-state index in [1.165, 1.54) is 5.56 Å². The van der Waals surface area contributed by atoms with Crippen LogP contribution in [0.2, 0.25) is 0 Å². The molecule has 1 heterocycles. The van der Waals surface area contributed by atoms with E-state index in [1.54, 1.807) is 13.0 Å². The van der Waals surface area contributed by atoms with Gasteiger partial charge in [0.15, 0.2) is 5.76 Å². The zero-order valence-corrected chi connectivity index (χ0v) is 8.77. The van der Waals surface area contributed by atoms with Gasteiger partial charge in [0, 0.05) is 11.6 Å². The van der Waals surface area contributed by atoms with E-state index in [0.717, 1.165) is 11.3 Å². The Hall–Kier alpha value is -1.61. The Morgan fingerprint density at radius 2 is 1.93 bits per heavy atom. The Morgan fingerprint density at radius 3 is 2.47 bits per heavy atom. The van der Waals surface area contributed by atoms with Gasteiger partial charge >= 0.3 is 0 Å². The first-order valence-corrected chi connectivity index (χ1v) is 4.88. The van der Waals surface area contributed by atoms with Gasteiger partial charge < -0.3 is 9.63 Å². The van der Waals surface area contributed by atoms with E-state index in [0.29, 0.717) is 5.76 Å². The third kappa shape index (κ3) is 2.07. The maximum Gasteiger partial charge on any atom is 0.165 e. The Kier molecular flexibility index (Phi) is 2.56. The van der Waals surface area contributed by atoms with Crippen LogP contribution in [0.15, 0.2) is 34.9 Å². The summed E-state index contributed by atoms with van der Waals surface area (Å²) in [5.41, 5.74) is 2.96. The second kappa shape index (κ2) is 3.87. The van der Waals surface area contributed by atoms with Gasteiger partial charge in [-0.05, 0) is 13.8 Å². The number of aliphatic hydroxyl groups is 1. The lowest BCUT2D eigenvalue weighted by Crippen LogP contribution is -1.85. The predicted molar refractivity (Wildman–Crippen MR) is 57.3 cm³/mol. The van der Waals surface area contributed by atoms with Gasteiger partial charge in [-0.1, -0.05) is 35.0 Å². The SMILES string of the molecule is Cc1ccc(-c2cc(C(C)O)on2)cc1. The Balaban J connectivity index is 2.33. The largest absolute Gasteiger partial charge is 0.385 e. The van der Waals surface area contributed by atoms with Gasteiger partial charge in [0.2, 0.25) is 0 Å². The maximum absolute atomic E-state index is 9.29. The van der Waals surface area contributed by atoms with E-state index >= 15 is 0 Å². The number of hydrogen-bond donors (Lipinski definition) is 1. The van der Waals surface area contributed by atoms with Crippen molar-refractivity contribution in [3.63, 3.8) is 0 Å². The number of hydrogen-bond acceptors (Lipinski definition) is 3. The number of nitrogens with zero attached hydrogens (tertiary/aromatic N) is 1. The summed E-state index contributed by atoms with van der Waals surface area (Å²) >= 11 is 0. The molecule has 1 aromatic heterocycles. The van der Waals surface area contributed by atoms with E-state index in [1.807, 2.05) is 31.2 Å². The lowest BCUT2D eigenvalue weighted by atomic mass is 10.1. The van der Waals surface area contributed by atoms with Crippen molar-refractivity contribution in [1.29, 1.82) is 0 Å². The van der Waals surface area contributed by atoms with E-state index in [9.17, 15) is 5.11 Å². The van der Waals surface area contributed by atoms with Gasteiger partial charge in [0.1, 0.15) is 11.8 Å². The Labute approximate surface area is 88.3 Å². The highest BCUT2D eigenvalue weighted by atomic mass is 16.5. The molecular weight excluding hydrogens is 190 g/mol. The van der Waals surface area contributed by atoms with E-state index < -0.39 is 6.10 Å². The summed E-state index contributed by atoms with van der Waals surface area (Å²) in [6.07, 6.45) is -0.614. The highest BCUT2D eigenvalue weighted by molar-refractivity contribution is 5.59. The number of benzene rings is 1. The van der Waals surface area contributed by atoms with Crippen LogP contribution in [-0.2, 0) is 0 Å². The summed E-state index contributed by atoms with van der Waals surface area (Å²) in [4.78, 5) is 0. The van der Waals surface area contributed by atoms with Crippen LogP contribution >= 0.6 is 0 Å². The Bertz CT molecular complexity index is 443. The molecule has 1 unspecified atom stereocenters. The summed E-state index contributed by atoms with van der Waals surface area (Å²) < 4.78 is 5.01. The number of rotatable bonds is 2. The number of aromatic nitrogens is 1. The molecule has 15 heavy (non-hydrogen) atoms. The van der Waals surface area contributed by atoms with Crippen molar-refractivity contribution >= 4 is 0 Å². The predicted octanol–water partition coefficient (Wildman–Crippen LogP) is 2.70. The van der Waals surface area contributed by atoms with Crippen LogP contribution in [0.5, 0.6) is 0 Å². The fraction of sp³-hybridized carbons (Fsp3) is 0.250. The summed E-state index contributed by atoms with van der Waals surface area (Å²) in [5.74, 6) is 0.491.